The lowest BCUT2D eigenvalue weighted by atomic mass is 10.1. The number of benzene rings is 2. The standard InChI is InChI=1S/C28H37N3O4/c1-2-3-15-35-28(32)23-6-4-22(5-7-23)21-31-25(10-11-29)19-24-20-26(8-9-27(24)31)34-18-14-30-12-16-33-17-13-30/h4-9,19-20H,2-3,10-18,21,29H2,1H3. The van der Waals surface area contributed by atoms with Gasteiger partial charge >= 0.3 is 5.97 Å². The molecule has 2 aromatic carbocycles. The van der Waals surface area contributed by atoms with Crippen LogP contribution in [0.3, 0.4) is 0 Å². The molecule has 0 spiro atoms. The molecular formula is C28H37N3O4. The van der Waals surface area contributed by atoms with E-state index in [1.807, 2.05) is 30.3 Å². The Labute approximate surface area is 207 Å². The minimum Gasteiger partial charge on any atom is -0.492 e. The number of ether oxygens (including phenoxy) is 3. The monoisotopic (exact) mass is 479 g/mol. The summed E-state index contributed by atoms with van der Waals surface area (Å²) in [7, 11) is 0. The van der Waals surface area contributed by atoms with Gasteiger partial charge in [-0.3, -0.25) is 4.90 Å². The number of carbonyl (C=O) groups is 1. The molecule has 0 atom stereocenters. The molecular weight excluding hydrogens is 442 g/mol. The minimum atomic E-state index is -0.263. The van der Waals surface area contributed by atoms with Crippen LogP contribution in [0.15, 0.2) is 48.5 Å². The van der Waals surface area contributed by atoms with Gasteiger partial charge < -0.3 is 24.5 Å². The molecule has 0 unspecified atom stereocenters. The number of hydrogen-bond donors (Lipinski definition) is 1. The SMILES string of the molecule is CCCCOC(=O)c1ccc(Cn2c(CCN)cc3cc(OCCN4CCOCC4)ccc32)cc1. The summed E-state index contributed by atoms with van der Waals surface area (Å²) in [5.41, 5.74) is 9.96. The van der Waals surface area contributed by atoms with Gasteiger partial charge in [-0.25, -0.2) is 4.79 Å². The van der Waals surface area contributed by atoms with Crippen molar-refractivity contribution in [1.82, 2.24) is 9.47 Å². The van der Waals surface area contributed by atoms with Crippen LogP contribution in [0, 0.1) is 0 Å². The minimum absolute atomic E-state index is 0.263. The summed E-state index contributed by atoms with van der Waals surface area (Å²) in [5, 5.41) is 1.15. The molecule has 0 amide bonds. The summed E-state index contributed by atoms with van der Waals surface area (Å²) in [4.78, 5) is 14.6. The third-order valence-electron chi connectivity index (χ3n) is 6.40. The predicted molar refractivity (Wildman–Crippen MR) is 138 cm³/mol. The topological polar surface area (TPSA) is 79.0 Å². The van der Waals surface area contributed by atoms with E-state index in [1.165, 1.54) is 5.69 Å². The zero-order chi connectivity index (χ0) is 24.5. The van der Waals surface area contributed by atoms with Crippen molar-refractivity contribution in [3.63, 3.8) is 0 Å². The van der Waals surface area contributed by atoms with Gasteiger partial charge in [0.05, 0.1) is 25.4 Å². The molecule has 7 heteroatoms. The summed E-state index contributed by atoms with van der Waals surface area (Å²) in [6, 6.07) is 16.2. The van der Waals surface area contributed by atoms with E-state index in [2.05, 4.69) is 34.6 Å². The van der Waals surface area contributed by atoms with Gasteiger partial charge in [0.25, 0.3) is 0 Å². The van der Waals surface area contributed by atoms with Crippen molar-refractivity contribution in [3.05, 3.63) is 65.4 Å². The number of fused-ring (bicyclic) bond motifs is 1. The number of morpholine rings is 1. The fourth-order valence-corrected chi connectivity index (χ4v) is 4.38. The predicted octanol–water partition coefficient (Wildman–Crippen LogP) is 3.86. The number of rotatable bonds is 12. The van der Waals surface area contributed by atoms with Crippen molar-refractivity contribution in [2.45, 2.75) is 32.7 Å². The lowest BCUT2D eigenvalue weighted by molar-refractivity contribution is 0.0322. The smallest absolute Gasteiger partial charge is 0.338 e. The van der Waals surface area contributed by atoms with E-state index in [9.17, 15) is 4.79 Å². The zero-order valence-electron chi connectivity index (χ0n) is 20.7. The molecule has 188 valence electrons. The molecule has 1 aliphatic heterocycles. The van der Waals surface area contributed by atoms with Crippen LogP contribution >= 0.6 is 0 Å². The molecule has 3 aromatic rings. The number of nitrogens with zero attached hydrogens (tertiary/aromatic N) is 2. The lowest BCUT2D eigenvalue weighted by Crippen LogP contribution is -2.38. The van der Waals surface area contributed by atoms with Crippen LogP contribution in [-0.2, 0) is 22.4 Å². The fraction of sp³-hybridized carbons (Fsp3) is 0.464. The van der Waals surface area contributed by atoms with E-state index in [4.69, 9.17) is 19.9 Å². The molecule has 0 saturated carbocycles. The molecule has 4 rings (SSSR count). The fourth-order valence-electron chi connectivity index (χ4n) is 4.38. The van der Waals surface area contributed by atoms with Crippen molar-refractivity contribution in [2.75, 3.05) is 52.6 Å². The molecule has 2 N–H and O–H groups in total. The Balaban J connectivity index is 1.43. The third-order valence-corrected chi connectivity index (χ3v) is 6.40. The van der Waals surface area contributed by atoms with Crippen LogP contribution in [0.25, 0.3) is 10.9 Å². The van der Waals surface area contributed by atoms with Crippen molar-refractivity contribution in [1.29, 1.82) is 0 Å². The van der Waals surface area contributed by atoms with Crippen LogP contribution in [0.1, 0.15) is 41.4 Å². The van der Waals surface area contributed by atoms with Crippen LogP contribution in [0.2, 0.25) is 0 Å². The molecule has 1 aromatic heterocycles. The highest BCUT2D eigenvalue weighted by Gasteiger charge is 2.13. The summed E-state index contributed by atoms with van der Waals surface area (Å²) in [6.07, 6.45) is 2.68. The van der Waals surface area contributed by atoms with E-state index in [0.717, 1.165) is 74.3 Å². The first-order valence-electron chi connectivity index (χ1n) is 12.7. The quantitative estimate of drug-likeness (QED) is 0.314. The number of unbranched alkanes of at least 4 members (excludes halogenated alkanes) is 1. The second kappa shape index (κ2) is 12.7. The van der Waals surface area contributed by atoms with Crippen LogP contribution < -0.4 is 10.5 Å². The Morgan fingerprint density at radius 2 is 1.86 bits per heavy atom. The Hall–Kier alpha value is -2.87. The van der Waals surface area contributed by atoms with Crippen LogP contribution in [-0.4, -0.2) is 68.0 Å². The van der Waals surface area contributed by atoms with Crippen LogP contribution in [0.4, 0.5) is 0 Å². The molecule has 1 aliphatic rings. The van der Waals surface area contributed by atoms with E-state index in [-0.39, 0.29) is 5.97 Å². The molecule has 0 bridgehead atoms. The number of esters is 1. The van der Waals surface area contributed by atoms with E-state index >= 15 is 0 Å². The van der Waals surface area contributed by atoms with E-state index in [1.54, 1.807) is 0 Å². The van der Waals surface area contributed by atoms with Crippen molar-refractivity contribution in [3.8, 4) is 5.75 Å². The first-order valence-corrected chi connectivity index (χ1v) is 12.7. The van der Waals surface area contributed by atoms with E-state index < -0.39 is 0 Å². The molecule has 7 nitrogen and oxygen atoms in total. The van der Waals surface area contributed by atoms with Gasteiger partial charge in [-0.1, -0.05) is 25.5 Å². The summed E-state index contributed by atoms with van der Waals surface area (Å²) >= 11 is 0. The highest BCUT2D eigenvalue weighted by atomic mass is 16.5. The average Bonchev–Trinajstić information content (AvgIpc) is 3.21. The largest absolute Gasteiger partial charge is 0.492 e. The number of aromatic nitrogens is 1. The summed E-state index contributed by atoms with van der Waals surface area (Å²) in [6.45, 7) is 8.94. The maximum Gasteiger partial charge on any atom is 0.338 e. The first kappa shape index (κ1) is 25.2. The van der Waals surface area contributed by atoms with Gasteiger partial charge in [0.15, 0.2) is 0 Å². The van der Waals surface area contributed by atoms with E-state index in [0.29, 0.717) is 31.9 Å². The maximum absolute atomic E-state index is 12.2. The van der Waals surface area contributed by atoms with Crippen LogP contribution in [0.5, 0.6) is 5.75 Å². The van der Waals surface area contributed by atoms with Gasteiger partial charge in [0.1, 0.15) is 12.4 Å². The van der Waals surface area contributed by atoms with Crippen molar-refractivity contribution in [2.24, 2.45) is 5.73 Å². The summed E-state index contributed by atoms with van der Waals surface area (Å²) in [5.74, 6) is 0.620. The van der Waals surface area contributed by atoms with Gasteiger partial charge in [-0.05, 0) is 61.3 Å². The van der Waals surface area contributed by atoms with Crippen molar-refractivity contribution >= 4 is 16.9 Å². The molecule has 1 saturated heterocycles. The lowest BCUT2D eigenvalue weighted by Gasteiger charge is -2.26. The third kappa shape index (κ3) is 6.84. The highest BCUT2D eigenvalue weighted by Crippen LogP contribution is 2.26. The number of nitrogens with two attached hydrogens (primary N) is 1. The number of carbonyl (C=O) groups excluding carboxylic acids is 1. The maximum atomic E-state index is 12.2. The molecule has 0 aliphatic carbocycles. The Kier molecular flexibility index (Phi) is 9.17. The second-order valence-corrected chi connectivity index (χ2v) is 8.97. The molecule has 0 radical (unpaired) electrons. The van der Waals surface area contributed by atoms with Gasteiger partial charge in [0.2, 0.25) is 0 Å². The Morgan fingerprint density at radius 1 is 1.06 bits per heavy atom. The zero-order valence-corrected chi connectivity index (χ0v) is 20.7. The van der Waals surface area contributed by atoms with Gasteiger partial charge in [0, 0.05) is 42.8 Å². The molecule has 35 heavy (non-hydrogen) atoms. The second-order valence-electron chi connectivity index (χ2n) is 8.97. The normalized spacial score (nSPS) is 14.3. The average molecular weight is 480 g/mol. The Bertz CT molecular complexity index is 1090. The van der Waals surface area contributed by atoms with Gasteiger partial charge in [-0.2, -0.15) is 0 Å². The highest BCUT2D eigenvalue weighted by molar-refractivity contribution is 5.89. The Morgan fingerprint density at radius 3 is 2.60 bits per heavy atom. The molecule has 2 heterocycles. The van der Waals surface area contributed by atoms with Crippen molar-refractivity contribution < 1.29 is 19.0 Å². The number of hydrogen-bond acceptors (Lipinski definition) is 6. The van der Waals surface area contributed by atoms with Gasteiger partial charge in [-0.15, -0.1) is 0 Å². The molecule has 1 fully saturated rings. The first-order chi connectivity index (χ1) is 17.2. The summed E-state index contributed by atoms with van der Waals surface area (Å²) < 4.78 is 19.1.